The number of thioether (sulfide) groups is 1. The molecule has 1 N–H and O–H groups in total. The first-order valence-corrected chi connectivity index (χ1v) is 7.32. The number of carbonyl (C=O) groups is 1. The summed E-state index contributed by atoms with van der Waals surface area (Å²) in [7, 11) is 0. The highest BCUT2D eigenvalue weighted by molar-refractivity contribution is 8.00. The molecule has 20 heavy (non-hydrogen) atoms. The van der Waals surface area contributed by atoms with Crippen molar-refractivity contribution in [3.63, 3.8) is 0 Å². The van der Waals surface area contributed by atoms with Crippen molar-refractivity contribution in [2.45, 2.75) is 16.6 Å². The number of aliphatic carboxylic acids is 1. The van der Waals surface area contributed by atoms with E-state index in [-0.39, 0.29) is 10.3 Å². The topological polar surface area (TPSA) is 63.1 Å². The van der Waals surface area contributed by atoms with Crippen LogP contribution in [0.2, 0.25) is 10.3 Å². The van der Waals surface area contributed by atoms with Crippen molar-refractivity contribution in [2.24, 2.45) is 0 Å². The summed E-state index contributed by atoms with van der Waals surface area (Å²) in [4.78, 5) is 11.9. The molecule has 7 heteroatoms. The number of carboxylic acid groups (broad SMARTS) is 1. The summed E-state index contributed by atoms with van der Waals surface area (Å²) in [6, 6.07) is 10.9. The van der Waals surface area contributed by atoms with Crippen LogP contribution in [-0.4, -0.2) is 26.5 Å². The fourth-order valence-corrected chi connectivity index (χ4v) is 3.02. The van der Waals surface area contributed by atoms with Crippen LogP contribution in [0.1, 0.15) is 5.56 Å². The third kappa shape index (κ3) is 4.10. The normalized spacial score (nSPS) is 12.1. The van der Waals surface area contributed by atoms with E-state index in [1.165, 1.54) is 6.07 Å². The Morgan fingerprint density at radius 1 is 1.25 bits per heavy atom. The van der Waals surface area contributed by atoms with Gasteiger partial charge in [-0.15, -0.1) is 22.0 Å². The van der Waals surface area contributed by atoms with Gasteiger partial charge in [0, 0.05) is 0 Å². The molecule has 1 aromatic carbocycles. The summed E-state index contributed by atoms with van der Waals surface area (Å²) < 4.78 is 0. The Morgan fingerprint density at radius 3 is 2.60 bits per heavy atom. The quantitative estimate of drug-likeness (QED) is 0.850. The molecule has 104 valence electrons. The zero-order chi connectivity index (χ0) is 14.5. The maximum Gasteiger partial charge on any atom is 0.317 e. The van der Waals surface area contributed by atoms with E-state index in [9.17, 15) is 9.90 Å². The van der Waals surface area contributed by atoms with Crippen LogP contribution in [0, 0.1) is 0 Å². The van der Waals surface area contributed by atoms with Gasteiger partial charge in [-0.3, -0.25) is 4.79 Å². The fraction of sp³-hybridized carbons (Fsp3) is 0.154. The van der Waals surface area contributed by atoms with E-state index in [0.717, 1.165) is 17.3 Å². The summed E-state index contributed by atoms with van der Waals surface area (Å²) in [6.45, 7) is 0. The van der Waals surface area contributed by atoms with Crippen LogP contribution < -0.4 is 0 Å². The number of hydrogen-bond acceptors (Lipinski definition) is 4. The highest BCUT2D eigenvalue weighted by atomic mass is 35.5. The van der Waals surface area contributed by atoms with Gasteiger partial charge in [-0.05, 0) is 18.1 Å². The van der Waals surface area contributed by atoms with Crippen LogP contribution in [0.5, 0.6) is 0 Å². The minimum atomic E-state index is -0.914. The first-order chi connectivity index (χ1) is 9.56. The molecule has 0 spiro atoms. The van der Waals surface area contributed by atoms with E-state index < -0.39 is 11.2 Å². The lowest BCUT2D eigenvalue weighted by molar-refractivity contribution is -0.136. The number of rotatable bonds is 5. The van der Waals surface area contributed by atoms with Crippen molar-refractivity contribution in [1.29, 1.82) is 0 Å². The highest BCUT2D eigenvalue weighted by Crippen LogP contribution is 2.31. The predicted octanol–water partition coefficient (Wildman–Crippen LogP) is 3.57. The molecule has 1 heterocycles. The summed E-state index contributed by atoms with van der Waals surface area (Å²) in [5, 5.41) is 16.3. The van der Waals surface area contributed by atoms with Gasteiger partial charge >= 0.3 is 5.97 Å². The van der Waals surface area contributed by atoms with E-state index in [4.69, 9.17) is 23.2 Å². The van der Waals surface area contributed by atoms with Crippen LogP contribution in [0.15, 0.2) is 41.3 Å². The molecular weight excluding hydrogens is 319 g/mol. The standard InChI is InChI=1S/C13H10Cl2N2O2S/c14-11-7-9(12(15)17-16-11)20-10(13(18)19)6-8-4-2-1-3-5-8/h1-5,7,10H,6H2,(H,18,19). The number of halogens is 2. The van der Waals surface area contributed by atoms with Crippen molar-refractivity contribution in [3.8, 4) is 0 Å². The first-order valence-electron chi connectivity index (χ1n) is 5.68. The minimum absolute atomic E-state index is 0.152. The molecule has 1 atom stereocenters. The summed E-state index contributed by atoms with van der Waals surface area (Å²) in [5.74, 6) is -0.914. The van der Waals surface area contributed by atoms with Crippen LogP contribution in [-0.2, 0) is 11.2 Å². The highest BCUT2D eigenvalue weighted by Gasteiger charge is 2.21. The van der Waals surface area contributed by atoms with E-state index >= 15 is 0 Å². The predicted molar refractivity (Wildman–Crippen MR) is 79.5 cm³/mol. The lowest BCUT2D eigenvalue weighted by Gasteiger charge is -2.12. The monoisotopic (exact) mass is 328 g/mol. The molecular formula is C13H10Cl2N2O2S. The number of hydrogen-bond donors (Lipinski definition) is 1. The fourth-order valence-electron chi connectivity index (χ4n) is 1.58. The van der Waals surface area contributed by atoms with Crippen molar-refractivity contribution < 1.29 is 9.90 Å². The molecule has 0 bridgehead atoms. The van der Waals surface area contributed by atoms with Crippen molar-refractivity contribution in [1.82, 2.24) is 10.2 Å². The number of carboxylic acids is 1. The van der Waals surface area contributed by atoms with Gasteiger partial charge in [-0.25, -0.2) is 0 Å². The van der Waals surface area contributed by atoms with Gasteiger partial charge in [0.1, 0.15) is 5.25 Å². The van der Waals surface area contributed by atoms with Crippen LogP contribution in [0.3, 0.4) is 0 Å². The third-order valence-corrected chi connectivity index (χ3v) is 4.29. The molecule has 4 nitrogen and oxygen atoms in total. The van der Waals surface area contributed by atoms with Gasteiger partial charge in [0.2, 0.25) is 0 Å². The zero-order valence-electron chi connectivity index (χ0n) is 10.2. The molecule has 2 aromatic rings. The molecule has 0 fully saturated rings. The van der Waals surface area contributed by atoms with Gasteiger partial charge in [0.05, 0.1) is 4.90 Å². The van der Waals surface area contributed by atoms with Gasteiger partial charge in [0.25, 0.3) is 0 Å². The Kier molecular flexibility index (Phi) is 5.23. The largest absolute Gasteiger partial charge is 0.480 e. The Labute approximate surface area is 130 Å². The van der Waals surface area contributed by atoms with Crippen LogP contribution >= 0.6 is 35.0 Å². The smallest absolute Gasteiger partial charge is 0.317 e. The summed E-state index contributed by atoms with van der Waals surface area (Å²) in [6.07, 6.45) is 0.386. The second-order valence-electron chi connectivity index (χ2n) is 3.96. The molecule has 0 radical (unpaired) electrons. The number of benzene rings is 1. The first kappa shape index (κ1) is 15.1. The lowest BCUT2D eigenvalue weighted by atomic mass is 10.1. The van der Waals surface area contributed by atoms with Crippen LogP contribution in [0.4, 0.5) is 0 Å². The second-order valence-corrected chi connectivity index (χ2v) is 5.95. The Bertz CT molecular complexity index is 611. The molecule has 2 rings (SSSR count). The van der Waals surface area contributed by atoms with Crippen molar-refractivity contribution in [2.75, 3.05) is 0 Å². The summed E-state index contributed by atoms with van der Waals surface area (Å²) in [5.41, 5.74) is 0.941. The number of aromatic nitrogens is 2. The molecule has 0 amide bonds. The molecule has 0 saturated carbocycles. The van der Waals surface area contributed by atoms with E-state index in [0.29, 0.717) is 11.3 Å². The van der Waals surface area contributed by atoms with Gasteiger partial charge in [-0.1, -0.05) is 53.5 Å². The van der Waals surface area contributed by atoms with E-state index in [1.807, 2.05) is 30.3 Å². The molecule has 0 aliphatic rings. The average molecular weight is 329 g/mol. The van der Waals surface area contributed by atoms with E-state index in [1.54, 1.807) is 0 Å². The van der Waals surface area contributed by atoms with Gasteiger partial charge < -0.3 is 5.11 Å². The minimum Gasteiger partial charge on any atom is -0.480 e. The molecule has 1 unspecified atom stereocenters. The Hall–Kier alpha value is -1.30. The average Bonchev–Trinajstić information content (AvgIpc) is 2.43. The summed E-state index contributed by atoms with van der Waals surface area (Å²) >= 11 is 12.8. The molecule has 0 aliphatic heterocycles. The van der Waals surface area contributed by atoms with Crippen molar-refractivity contribution >= 4 is 40.9 Å². The van der Waals surface area contributed by atoms with Gasteiger partial charge in [0.15, 0.2) is 10.3 Å². The molecule has 1 aromatic heterocycles. The third-order valence-electron chi connectivity index (χ3n) is 2.50. The maximum atomic E-state index is 11.4. The lowest BCUT2D eigenvalue weighted by Crippen LogP contribution is -2.19. The molecule has 0 aliphatic carbocycles. The Balaban J connectivity index is 2.18. The number of nitrogens with zero attached hydrogens (tertiary/aromatic N) is 2. The van der Waals surface area contributed by atoms with E-state index in [2.05, 4.69) is 10.2 Å². The SMILES string of the molecule is O=C(O)C(Cc1ccccc1)Sc1cc(Cl)nnc1Cl. The van der Waals surface area contributed by atoms with Gasteiger partial charge in [-0.2, -0.15) is 0 Å². The zero-order valence-corrected chi connectivity index (χ0v) is 12.5. The molecule has 0 saturated heterocycles. The van der Waals surface area contributed by atoms with Crippen molar-refractivity contribution in [3.05, 3.63) is 52.3 Å². The Morgan fingerprint density at radius 2 is 1.95 bits per heavy atom. The second kappa shape index (κ2) is 6.92. The van der Waals surface area contributed by atoms with Crippen LogP contribution in [0.25, 0.3) is 0 Å². The maximum absolute atomic E-state index is 11.4.